The molecule has 0 aliphatic rings. The molecule has 0 aliphatic heterocycles. The first-order valence-corrected chi connectivity index (χ1v) is 5.15. The van der Waals surface area contributed by atoms with E-state index in [4.69, 9.17) is 0 Å². The maximum Gasteiger partial charge on any atom is 0.282 e. The number of hydrogen-bond acceptors (Lipinski definition) is 5. The molecule has 8 nitrogen and oxygen atoms in total. The second-order valence-corrected chi connectivity index (χ2v) is 3.80. The van der Waals surface area contributed by atoms with Crippen molar-refractivity contribution >= 4 is 16.6 Å². The smallest absolute Gasteiger partial charge is 0.282 e. The van der Waals surface area contributed by atoms with Crippen LogP contribution in [-0.4, -0.2) is 29.9 Å². The van der Waals surface area contributed by atoms with Crippen molar-refractivity contribution in [3.05, 3.63) is 40.6 Å². The largest absolute Gasteiger partial charge is 0.286 e. The van der Waals surface area contributed by atoms with E-state index in [1.165, 1.54) is 18.6 Å². The summed E-state index contributed by atoms with van der Waals surface area (Å²) < 4.78 is 1.67. The van der Waals surface area contributed by atoms with Gasteiger partial charge in [-0.2, -0.15) is 5.10 Å². The summed E-state index contributed by atoms with van der Waals surface area (Å²) in [5.41, 5.74) is 1.23. The third-order valence-electron chi connectivity index (χ3n) is 2.71. The molecule has 2 aromatic heterocycles. The second-order valence-electron chi connectivity index (χ2n) is 3.80. The molecule has 0 aliphatic carbocycles. The molecule has 1 aromatic carbocycles. The van der Waals surface area contributed by atoms with Crippen LogP contribution in [0.25, 0.3) is 16.6 Å². The van der Waals surface area contributed by atoms with Gasteiger partial charge < -0.3 is 0 Å². The van der Waals surface area contributed by atoms with Gasteiger partial charge in [0, 0.05) is 6.07 Å². The number of aromatic nitrogens is 5. The van der Waals surface area contributed by atoms with Crippen molar-refractivity contribution in [2.75, 3.05) is 0 Å². The highest BCUT2D eigenvalue weighted by Crippen LogP contribution is 2.27. The molecule has 0 amide bonds. The lowest BCUT2D eigenvalue weighted by molar-refractivity contribution is -0.383. The zero-order chi connectivity index (χ0) is 12.7. The van der Waals surface area contributed by atoms with E-state index in [0.717, 1.165) is 0 Å². The number of aryl methyl sites for hydroxylation is 1. The molecule has 0 saturated heterocycles. The maximum absolute atomic E-state index is 11.0. The Labute approximate surface area is 100 Å². The predicted octanol–water partition coefficient (Wildman–Crippen LogP) is 1.36. The quantitative estimate of drug-likeness (QED) is 0.541. The monoisotopic (exact) mass is 244 g/mol. The summed E-state index contributed by atoms with van der Waals surface area (Å²) in [6, 6.07) is 3.25. The van der Waals surface area contributed by atoms with Crippen LogP contribution in [0.15, 0.2) is 24.7 Å². The molecule has 18 heavy (non-hydrogen) atoms. The average Bonchev–Trinajstić information content (AvgIpc) is 2.95. The number of hydrogen-bond donors (Lipinski definition) is 1. The van der Waals surface area contributed by atoms with E-state index in [9.17, 15) is 10.1 Å². The molecule has 3 aromatic rings. The van der Waals surface area contributed by atoms with Gasteiger partial charge in [-0.05, 0) is 13.0 Å². The van der Waals surface area contributed by atoms with Gasteiger partial charge in [-0.25, -0.2) is 0 Å². The first kappa shape index (κ1) is 10.4. The van der Waals surface area contributed by atoms with Gasteiger partial charge in [0.15, 0.2) is 0 Å². The molecule has 0 radical (unpaired) electrons. The third kappa shape index (κ3) is 1.43. The van der Waals surface area contributed by atoms with E-state index in [2.05, 4.69) is 20.4 Å². The lowest BCUT2D eigenvalue weighted by Gasteiger charge is -2.04. The fraction of sp³-hybridized carbons (Fsp3) is 0.100. The molecule has 2 heterocycles. The van der Waals surface area contributed by atoms with Crippen LogP contribution in [0.5, 0.6) is 0 Å². The Hall–Kier alpha value is -2.77. The van der Waals surface area contributed by atoms with E-state index in [-0.39, 0.29) is 5.69 Å². The number of nitrogens with one attached hydrogen (secondary N) is 1. The standard InChI is InChI=1S/C10H8N6O2/c1-6-13-12-5-15(6)7-2-9-8(4-11-14-9)10(3-7)16(17)18/h2-5H,1H3,(H,11,14). The first-order chi connectivity index (χ1) is 8.66. The lowest BCUT2D eigenvalue weighted by atomic mass is 10.2. The highest BCUT2D eigenvalue weighted by atomic mass is 16.6. The van der Waals surface area contributed by atoms with Gasteiger partial charge in [-0.15, -0.1) is 10.2 Å². The minimum absolute atomic E-state index is 0.00403. The summed E-state index contributed by atoms with van der Waals surface area (Å²) in [5, 5.41) is 25.7. The molecule has 1 N–H and O–H groups in total. The molecule has 0 bridgehead atoms. The minimum Gasteiger partial charge on any atom is -0.286 e. The van der Waals surface area contributed by atoms with Gasteiger partial charge in [-0.1, -0.05) is 0 Å². The number of non-ortho nitro benzene ring substituents is 1. The van der Waals surface area contributed by atoms with Gasteiger partial charge in [0.05, 0.1) is 27.7 Å². The molecule has 8 heteroatoms. The van der Waals surface area contributed by atoms with E-state index in [1.807, 2.05) is 0 Å². The fourth-order valence-electron chi connectivity index (χ4n) is 1.85. The minimum atomic E-state index is -0.430. The van der Waals surface area contributed by atoms with Crippen molar-refractivity contribution in [2.24, 2.45) is 0 Å². The molecule has 0 spiro atoms. The van der Waals surface area contributed by atoms with Crippen molar-refractivity contribution in [1.29, 1.82) is 0 Å². The van der Waals surface area contributed by atoms with Crippen LogP contribution >= 0.6 is 0 Å². The molecule has 90 valence electrons. The molecule has 3 rings (SSSR count). The third-order valence-corrected chi connectivity index (χ3v) is 2.71. The van der Waals surface area contributed by atoms with Gasteiger partial charge in [0.2, 0.25) is 0 Å². The zero-order valence-electron chi connectivity index (χ0n) is 9.36. The topological polar surface area (TPSA) is 103 Å². The molecule has 0 atom stereocenters. The van der Waals surface area contributed by atoms with Crippen LogP contribution in [0.1, 0.15) is 5.82 Å². The number of benzene rings is 1. The highest BCUT2D eigenvalue weighted by molar-refractivity contribution is 5.89. The van der Waals surface area contributed by atoms with Crippen LogP contribution in [0.3, 0.4) is 0 Å². The Bertz CT molecular complexity index is 744. The number of aromatic amines is 1. The molecular weight excluding hydrogens is 236 g/mol. The van der Waals surface area contributed by atoms with Crippen molar-refractivity contribution in [2.45, 2.75) is 6.92 Å². The zero-order valence-corrected chi connectivity index (χ0v) is 9.36. The molecular formula is C10H8N6O2. The Kier molecular flexibility index (Phi) is 2.09. The number of rotatable bonds is 2. The fourth-order valence-corrected chi connectivity index (χ4v) is 1.85. The van der Waals surface area contributed by atoms with Crippen LogP contribution in [0.2, 0.25) is 0 Å². The van der Waals surface area contributed by atoms with Gasteiger partial charge >= 0.3 is 0 Å². The van der Waals surface area contributed by atoms with Crippen LogP contribution in [0.4, 0.5) is 5.69 Å². The van der Waals surface area contributed by atoms with Crippen molar-refractivity contribution in [3.8, 4) is 5.69 Å². The van der Waals surface area contributed by atoms with Gasteiger partial charge in [-0.3, -0.25) is 19.8 Å². The van der Waals surface area contributed by atoms with Crippen molar-refractivity contribution in [1.82, 2.24) is 25.0 Å². The average molecular weight is 244 g/mol. The summed E-state index contributed by atoms with van der Waals surface area (Å²) in [5.74, 6) is 0.656. The summed E-state index contributed by atoms with van der Waals surface area (Å²) in [6.07, 6.45) is 2.95. The number of nitro groups is 1. The Morgan fingerprint density at radius 1 is 1.44 bits per heavy atom. The molecule has 0 saturated carbocycles. The highest BCUT2D eigenvalue weighted by Gasteiger charge is 2.16. The summed E-state index contributed by atoms with van der Waals surface area (Å²) in [7, 11) is 0. The van der Waals surface area contributed by atoms with Crippen LogP contribution in [-0.2, 0) is 0 Å². The van der Waals surface area contributed by atoms with Crippen LogP contribution < -0.4 is 0 Å². The number of H-pyrrole nitrogens is 1. The predicted molar refractivity (Wildman–Crippen MR) is 62.4 cm³/mol. The summed E-state index contributed by atoms with van der Waals surface area (Å²) in [4.78, 5) is 10.6. The van der Waals surface area contributed by atoms with E-state index < -0.39 is 4.92 Å². The first-order valence-electron chi connectivity index (χ1n) is 5.15. The van der Waals surface area contributed by atoms with E-state index >= 15 is 0 Å². The molecule has 0 unspecified atom stereocenters. The maximum atomic E-state index is 11.0. The van der Waals surface area contributed by atoms with Gasteiger partial charge in [0.25, 0.3) is 5.69 Å². The van der Waals surface area contributed by atoms with Crippen molar-refractivity contribution in [3.63, 3.8) is 0 Å². The SMILES string of the molecule is Cc1nncn1-c1cc([N+](=O)[O-])c2cn[nH]c2c1. The van der Waals surface area contributed by atoms with Gasteiger partial charge in [0.1, 0.15) is 12.2 Å². The van der Waals surface area contributed by atoms with Crippen LogP contribution in [0, 0.1) is 17.0 Å². The summed E-state index contributed by atoms with van der Waals surface area (Å²) >= 11 is 0. The van der Waals surface area contributed by atoms with Crippen molar-refractivity contribution < 1.29 is 4.92 Å². The Morgan fingerprint density at radius 2 is 2.28 bits per heavy atom. The molecule has 0 fully saturated rings. The normalized spacial score (nSPS) is 10.9. The number of nitrogens with zero attached hydrogens (tertiary/aromatic N) is 5. The Balaban J connectivity index is 2.32. The second kappa shape index (κ2) is 3.62. The summed E-state index contributed by atoms with van der Waals surface area (Å²) in [6.45, 7) is 1.77. The lowest BCUT2D eigenvalue weighted by Crippen LogP contribution is -1.98. The number of nitro benzene ring substituents is 1. The number of fused-ring (bicyclic) bond motifs is 1. The van der Waals surface area contributed by atoms with E-state index in [1.54, 1.807) is 17.6 Å². The Morgan fingerprint density at radius 3 is 2.94 bits per heavy atom. The van der Waals surface area contributed by atoms with E-state index in [0.29, 0.717) is 22.4 Å².